The van der Waals surface area contributed by atoms with E-state index in [0.29, 0.717) is 18.2 Å². The van der Waals surface area contributed by atoms with Crippen LogP contribution in [0.3, 0.4) is 0 Å². The molecule has 1 atom stereocenters. The van der Waals surface area contributed by atoms with Crippen LogP contribution in [0.15, 0.2) is 48.5 Å². The van der Waals surface area contributed by atoms with Crippen LogP contribution < -0.4 is 9.47 Å². The third-order valence-corrected chi connectivity index (χ3v) is 5.53. The van der Waals surface area contributed by atoms with Crippen molar-refractivity contribution in [3.63, 3.8) is 0 Å². The Morgan fingerprint density at radius 2 is 1.86 bits per heavy atom. The van der Waals surface area contributed by atoms with Gasteiger partial charge in [0.15, 0.2) is 0 Å². The lowest BCUT2D eigenvalue weighted by Gasteiger charge is -2.23. The predicted molar refractivity (Wildman–Crippen MR) is 110 cm³/mol. The van der Waals surface area contributed by atoms with E-state index in [0.717, 1.165) is 22.6 Å². The monoisotopic (exact) mass is 380 g/mol. The fourth-order valence-electron chi connectivity index (χ4n) is 4.11. The molecule has 0 saturated heterocycles. The van der Waals surface area contributed by atoms with Crippen LogP contribution in [0.2, 0.25) is 0 Å². The minimum absolute atomic E-state index is 0.226. The van der Waals surface area contributed by atoms with Crippen LogP contribution in [0.5, 0.6) is 11.5 Å². The van der Waals surface area contributed by atoms with Gasteiger partial charge in [0.1, 0.15) is 30.0 Å². The van der Waals surface area contributed by atoms with Crippen LogP contribution in [0.25, 0.3) is 11.0 Å². The van der Waals surface area contributed by atoms with E-state index >= 15 is 0 Å². The highest BCUT2D eigenvalue weighted by Crippen LogP contribution is 2.34. The van der Waals surface area contributed by atoms with Gasteiger partial charge in [0.05, 0.1) is 24.7 Å². The van der Waals surface area contributed by atoms with E-state index in [2.05, 4.69) is 16.7 Å². The Labute approximate surface area is 165 Å². The van der Waals surface area contributed by atoms with E-state index in [9.17, 15) is 5.11 Å². The lowest BCUT2D eigenvalue weighted by Crippen LogP contribution is -2.25. The number of para-hydroxylation sites is 2. The van der Waals surface area contributed by atoms with Crippen molar-refractivity contribution in [3.05, 3.63) is 54.4 Å². The second-order valence-electron chi connectivity index (χ2n) is 7.55. The molecule has 1 aromatic heterocycles. The summed E-state index contributed by atoms with van der Waals surface area (Å²) in [6, 6.07) is 15.6. The SMILES string of the molecule is COc1cccc(OCC(O)Cn2c(C3CCCCC3)nc3ccccc32)c1. The predicted octanol–water partition coefficient (Wildman–Crippen LogP) is 4.53. The smallest absolute Gasteiger partial charge is 0.123 e. The van der Waals surface area contributed by atoms with Crippen molar-refractivity contribution in [2.45, 2.75) is 50.7 Å². The van der Waals surface area contributed by atoms with Gasteiger partial charge in [0, 0.05) is 12.0 Å². The Balaban J connectivity index is 1.51. The van der Waals surface area contributed by atoms with Crippen molar-refractivity contribution >= 4 is 11.0 Å². The highest BCUT2D eigenvalue weighted by atomic mass is 16.5. The summed E-state index contributed by atoms with van der Waals surface area (Å²) in [5.74, 6) is 3.03. The van der Waals surface area contributed by atoms with Crippen LogP contribution >= 0.6 is 0 Å². The molecular formula is C23H28N2O3. The van der Waals surface area contributed by atoms with E-state index in [1.165, 1.54) is 32.1 Å². The van der Waals surface area contributed by atoms with Crippen LogP contribution in [0, 0.1) is 0 Å². The van der Waals surface area contributed by atoms with Crippen LogP contribution in [0.1, 0.15) is 43.8 Å². The quantitative estimate of drug-likeness (QED) is 0.654. The number of nitrogens with zero attached hydrogens (tertiary/aromatic N) is 2. The molecule has 1 aliphatic rings. The number of aliphatic hydroxyl groups excluding tert-OH is 1. The summed E-state index contributed by atoms with van der Waals surface area (Å²) in [4.78, 5) is 4.92. The van der Waals surface area contributed by atoms with Crippen molar-refractivity contribution in [1.82, 2.24) is 9.55 Å². The molecule has 0 spiro atoms. The third-order valence-electron chi connectivity index (χ3n) is 5.53. The fourth-order valence-corrected chi connectivity index (χ4v) is 4.11. The molecule has 2 aromatic carbocycles. The summed E-state index contributed by atoms with van der Waals surface area (Å²) in [7, 11) is 1.63. The zero-order valence-electron chi connectivity index (χ0n) is 16.4. The van der Waals surface area contributed by atoms with Gasteiger partial charge in [-0.05, 0) is 37.1 Å². The first-order valence-electron chi connectivity index (χ1n) is 10.1. The molecule has 1 N–H and O–H groups in total. The summed E-state index contributed by atoms with van der Waals surface area (Å²) >= 11 is 0. The first-order chi connectivity index (χ1) is 13.7. The van der Waals surface area contributed by atoms with Gasteiger partial charge in [-0.2, -0.15) is 0 Å². The number of rotatable bonds is 7. The van der Waals surface area contributed by atoms with Crippen molar-refractivity contribution in [3.8, 4) is 11.5 Å². The summed E-state index contributed by atoms with van der Waals surface area (Å²) < 4.78 is 13.2. The molecule has 1 heterocycles. The number of aliphatic hydroxyl groups is 1. The first kappa shape index (κ1) is 18.8. The number of imidazole rings is 1. The van der Waals surface area contributed by atoms with Crippen molar-refractivity contribution in [1.29, 1.82) is 0 Å². The average Bonchev–Trinajstić information content (AvgIpc) is 3.11. The molecule has 28 heavy (non-hydrogen) atoms. The van der Waals surface area contributed by atoms with Gasteiger partial charge in [-0.1, -0.05) is 37.5 Å². The maximum Gasteiger partial charge on any atom is 0.123 e. The molecule has 1 fully saturated rings. The number of hydrogen-bond acceptors (Lipinski definition) is 4. The maximum absolute atomic E-state index is 10.7. The van der Waals surface area contributed by atoms with Gasteiger partial charge >= 0.3 is 0 Å². The molecule has 1 unspecified atom stereocenters. The Kier molecular flexibility index (Phi) is 5.81. The second kappa shape index (κ2) is 8.65. The second-order valence-corrected chi connectivity index (χ2v) is 7.55. The minimum atomic E-state index is -0.619. The van der Waals surface area contributed by atoms with Crippen LogP contribution in [0.4, 0.5) is 0 Å². The van der Waals surface area contributed by atoms with Crippen molar-refractivity contribution in [2.24, 2.45) is 0 Å². The molecular weight excluding hydrogens is 352 g/mol. The minimum Gasteiger partial charge on any atom is -0.497 e. The van der Waals surface area contributed by atoms with Crippen LogP contribution in [-0.2, 0) is 6.54 Å². The Morgan fingerprint density at radius 3 is 2.68 bits per heavy atom. The molecule has 148 valence electrons. The van der Waals surface area contributed by atoms with E-state index in [1.54, 1.807) is 7.11 Å². The maximum atomic E-state index is 10.7. The Morgan fingerprint density at radius 1 is 1.07 bits per heavy atom. The molecule has 0 aliphatic heterocycles. The van der Waals surface area contributed by atoms with Gasteiger partial charge < -0.3 is 19.1 Å². The number of methoxy groups -OCH3 is 1. The summed E-state index contributed by atoms with van der Waals surface area (Å²) in [5, 5.41) is 10.7. The van der Waals surface area contributed by atoms with Crippen molar-refractivity contribution < 1.29 is 14.6 Å². The molecule has 0 radical (unpaired) electrons. The average molecular weight is 380 g/mol. The number of ether oxygens (including phenoxy) is 2. The highest BCUT2D eigenvalue weighted by molar-refractivity contribution is 5.76. The molecule has 0 amide bonds. The zero-order valence-corrected chi connectivity index (χ0v) is 16.4. The number of fused-ring (bicyclic) bond motifs is 1. The molecule has 5 heteroatoms. The molecule has 0 bridgehead atoms. The van der Waals surface area contributed by atoms with E-state index in [4.69, 9.17) is 14.5 Å². The molecule has 5 nitrogen and oxygen atoms in total. The van der Waals surface area contributed by atoms with Gasteiger partial charge in [-0.25, -0.2) is 4.98 Å². The van der Waals surface area contributed by atoms with Gasteiger partial charge in [-0.15, -0.1) is 0 Å². The van der Waals surface area contributed by atoms with E-state index in [-0.39, 0.29) is 6.61 Å². The fraction of sp³-hybridized carbons (Fsp3) is 0.435. The topological polar surface area (TPSA) is 56.5 Å². The Bertz CT molecular complexity index is 915. The number of benzene rings is 2. The first-order valence-corrected chi connectivity index (χ1v) is 10.1. The molecule has 1 saturated carbocycles. The van der Waals surface area contributed by atoms with Gasteiger partial charge in [0.25, 0.3) is 0 Å². The largest absolute Gasteiger partial charge is 0.497 e. The molecule has 1 aliphatic carbocycles. The molecule has 4 rings (SSSR count). The van der Waals surface area contributed by atoms with Gasteiger partial charge in [0.2, 0.25) is 0 Å². The zero-order chi connectivity index (χ0) is 19.3. The van der Waals surface area contributed by atoms with E-state index < -0.39 is 6.10 Å². The number of aromatic nitrogens is 2. The summed E-state index contributed by atoms with van der Waals surface area (Å²) in [6.45, 7) is 0.708. The number of hydrogen-bond donors (Lipinski definition) is 1. The Hall–Kier alpha value is -2.53. The summed E-state index contributed by atoms with van der Waals surface area (Å²) in [6.07, 6.45) is 5.57. The summed E-state index contributed by atoms with van der Waals surface area (Å²) in [5.41, 5.74) is 2.09. The highest BCUT2D eigenvalue weighted by Gasteiger charge is 2.23. The lowest BCUT2D eigenvalue weighted by atomic mass is 9.88. The normalized spacial score (nSPS) is 16.2. The van der Waals surface area contributed by atoms with Crippen molar-refractivity contribution in [2.75, 3.05) is 13.7 Å². The standard InChI is InChI=1S/C23H28N2O3/c1-27-19-10-7-11-20(14-19)28-16-18(26)15-25-22-13-6-5-12-21(22)24-23(25)17-8-3-2-4-9-17/h5-7,10-14,17-18,26H,2-4,8-9,15-16H2,1H3. The van der Waals surface area contributed by atoms with Gasteiger partial charge in [-0.3, -0.25) is 0 Å². The third kappa shape index (κ3) is 4.14. The lowest BCUT2D eigenvalue weighted by molar-refractivity contribution is 0.0921. The molecule has 3 aromatic rings. The van der Waals surface area contributed by atoms with E-state index in [1.807, 2.05) is 36.4 Å². The van der Waals surface area contributed by atoms with Crippen LogP contribution in [-0.4, -0.2) is 34.5 Å².